The minimum absolute atomic E-state index is 0.0293. The number of aryl methyl sites for hydroxylation is 1. The minimum Gasteiger partial charge on any atom is -0.327 e. The number of hydrogen-bond donors (Lipinski definition) is 1. The molecule has 4 heteroatoms. The molecule has 1 atom stereocenters. The molecule has 3 nitrogen and oxygen atoms in total. The molecule has 0 bridgehead atoms. The van der Waals surface area contributed by atoms with Crippen LogP contribution in [0.15, 0.2) is 22.7 Å². The van der Waals surface area contributed by atoms with Gasteiger partial charge in [-0.25, -0.2) is 4.98 Å². The van der Waals surface area contributed by atoms with Crippen molar-refractivity contribution in [2.45, 2.75) is 38.8 Å². The number of halogens is 1. The first-order chi connectivity index (χ1) is 8.64. The normalized spacial score (nSPS) is 23.9. The monoisotopic (exact) mass is 307 g/mol. The average molecular weight is 308 g/mol. The van der Waals surface area contributed by atoms with Crippen LogP contribution in [0.25, 0.3) is 11.0 Å². The van der Waals surface area contributed by atoms with Gasteiger partial charge in [0.05, 0.1) is 16.6 Å². The molecule has 0 amide bonds. The minimum atomic E-state index is 0.0293. The molecule has 1 N–H and O–H groups in total. The Bertz CT molecular complexity index is 582. The molecule has 3 rings (SSSR count). The van der Waals surface area contributed by atoms with E-state index in [1.54, 1.807) is 0 Å². The molecule has 1 saturated heterocycles. The molecular formula is C14H18BrN3. The van der Waals surface area contributed by atoms with Crippen LogP contribution in [0, 0.1) is 0 Å². The van der Waals surface area contributed by atoms with Gasteiger partial charge in [-0.2, -0.15) is 0 Å². The Hall–Kier alpha value is -0.870. The highest BCUT2D eigenvalue weighted by atomic mass is 79.9. The maximum absolute atomic E-state index is 4.87. The molecule has 0 spiro atoms. The van der Waals surface area contributed by atoms with Crippen LogP contribution >= 0.6 is 15.9 Å². The fourth-order valence-corrected chi connectivity index (χ4v) is 3.28. The molecule has 1 aromatic carbocycles. The van der Waals surface area contributed by atoms with E-state index in [0.29, 0.717) is 0 Å². The molecular weight excluding hydrogens is 290 g/mol. The van der Waals surface area contributed by atoms with E-state index in [9.17, 15) is 0 Å². The summed E-state index contributed by atoms with van der Waals surface area (Å²) in [7, 11) is 0. The molecule has 1 fully saturated rings. The smallest absolute Gasteiger partial charge is 0.129 e. The van der Waals surface area contributed by atoms with Gasteiger partial charge in [0.1, 0.15) is 5.82 Å². The fraction of sp³-hybridized carbons (Fsp3) is 0.500. The highest BCUT2D eigenvalue weighted by Gasteiger charge is 2.34. The largest absolute Gasteiger partial charge is 0.327 e. The Balaban J connectivity index is 2.22. The van der Waals surface area contributed by atoms with Crippen molar-refractivity contribution in [3.05, 3.63) is 28.5 Å². The zero-order valence-corrected chi connectivity index (χ0v) is 12.4. The summed E-state index contributed by atoms with van der Waals surface area (Å²) in [5, 5.41) is 3.60. The lowest BCUT2D eigenvalue weighted by atomic mass is 9.99. The zero-order valence-electron chi connectivity index (χ0n) is 10.8. The Labute approximate surface area is 116 Å². The summed E-state index contributed by atoms with van der Waals surface area (Å²) in [6.45, 7) is 6.51. The quantitative estimate of drug-likeness (QED) is 0.921. The maximum atomic E-state index is 4.87. The van der Waals surface area contributed by atoms with E-state index >= 15 is 0 Å². The molecule has 1 aliphatic heterocycles. The number of benzene rings is 1. The topological polar surface area (TPSA) is 29.9 Å². The van der Waals surface area contributed by atoms with Crippen LogP contribution in [0.4, 0.5) is 0 Å². The Morgan fingerprint density at radius 2 is 2.33 bits per heavy atom. The number of fused-ring (bicyclic) bond motifs is 1. The van der Waals surface area contributed by atoms with Gasteiger partial charge >= 0.3 is 0 Å². The van der Waals surface area contributed by atoms with E-state index in [4.69, 9.17) is 4.98 Å². The van der Waals surface area contributed by atoms with Gasteiger partial charge in [-0.05, 0) is 51.4 Å². The molecule has 1 unspecified atom stereocenters. The number of hydrogen-bond acceptors (Lipinski definition) is 2. The Morgan fingerprint density at radius 1 is 1.50 bits per heavy atom. The van der Waals surface area contributed by atoms with Crippen molar-refractivity contribution < 1.29 is 0 Å². The lowest BCUT2D eigenvalue weighted by molar-refractivity contribution is 0.391. The first kappa shape index (κ1) is 12.2. The second-order valence-corrected chi connectivity index (χ2v) is 6.09. The van der Waals surface area contributed by atoms with Gasteiger partial charge in [0.25, 0.3) is 0 Å². The van der Waals surface area contributed by atoms with Crippen molar-refractivity contribution in [3.8, 4) is 0 Å². The van der Waals surface area contributed by atoms with Crippen LogP contribution in [0.5, 0.6) is 0 Å². The zero-order chi connectivity index (χ0) is 12.8. The second-order valence-electron chi connectivity index (χ2n) is 5.18. The lowest BCUT2D eigenvalue weighted by Crippen LogP contribution is -2.36. The number of nitrogens with zero attached hydrogens (tertiary/aromatic N) is 2. The van der Waals surface area contributed by atoms with Crippen molar-refractivity contribution >= 4 is 27.0 Å². The van der Waals surface area contributed by atoms with Crippen LogP contribution in [0.1, 0.15) is 32.5 Å². The SMILES string of the molecule is CCn1c(C2(C)CCCN2)nc2cc(Br)ccc21. The van der Waals surface area contributed by atoms with Crippen molar-refractivity contribution in [3.63, 3.8) is 0 Å². The van der Waals surface area contributed by atoms with E-state index in [2.05, 4.69) is 57.9 Å². The summed E-state index contributed by atoms with van der Waals surface area (Å²) in [6, 6.07) is 6.34. The predicted octanol–water partition coefficient (Wildman–Crippen LogP) is 3.42. The van der Waals surface area contributed by atoms with Crippen LogP contribution in [0.3, 0.4) is 0 Å². The Morgan fingerprint density at radius 3 is 3.00 bits per heavy atom. The summed E-state index contributed by atoms with van der Waals surface area (Å²) >= 11 is 3.52. The molecule has 0 aliphatic carbocycles. The number of imidazole rings is 1. The molecule has 18 heavy (non-hydrogen) atoms. The van der Waals surface area contributed by atoms with Crippen LogP contribution < -0.4 is 5.32 Å². The number of aromatic nitrogens is 2. The van der Waals surface area contributed by atoms with Crippen LogP contribution in [-0.2, 0) is 12.1 Å². The van der Waals surface area contributed by atoms with Gasteiger partial charge in [-0.3, -0.25) is 0 Å². The third kappa shape index (κ3) is 1.79. The molecule has 1 aromatic heterocycles. The van der Waals surface area contributed by atoms with Crippen molar-refractivity contribution in [1.82, 2.24) is 14.9 Å². The summed E-state index contributed by atoms with van der Waals surface area (Å²) in [5.74, 6) is 1.18. The van der Waals surface area contributed by atoms with Gasteiger partial charge in [-0.15, -0.1) is 0 Å². The van der Waals surface area contributed by atoms with Crippen molar-refractivity contribution in [2.24, 2.45) is 0 Å². The molecule has 0 saturated carbocycles. The van der Waals surface area contributed by atoms with Crippen LogP contribution in [0.2, 0.25) is 0 Å². The molecule has 96 valence electrons. The third-order valence-electron chi connectivity index (χ3n) is 3.89. The third-order valence-corrected chi connectivity index (χ3v) is 4.38. The highest BCUT2D eigenvalue weighted by molar-refractivity contribution is 9.10. The maximum Gasteiger partial charge on any atom is 0.129 e. The van der Waals surface area contributed by atoms with Crippen molar-refractivity contribution in [2.75, 3.05) is 6.54 Å². The summed E-state index contributed by atoms with van der Waals surface area (Å²) in [5.41, 5.74) is 2.34. The fourth-order valence-electron chi connectivity index (χ4n) is 2.93. The first-order valence-electron chi connectivity index (χ1n) is 6.55. The van der Waals surface area contributed by atoms with E-state index in [-0.39, 0.29) is 5.54 Å². The number of nitrogens with one attached hydrogen (secondary N) is 1. The molecule has 2 aromatic rings. The van der Waals surface area contributed by atoms with Crippen LogP contribution in [-0.4, -0.2) is 16.1 Å². The Kier molecular flexibility index (Phi) is 2.94. The highest BCUT2D eigenvalue weighted by Crippen LogP contribution is 2.32. The first-order valence-corrected chi connectivity index (χ1v) is 7.34. The second kappa shape index (κ2) is 4.35. The van der Waals surface area contributed by atoms with Gasteiger partial charge in [-0.1, -0.05) is 15.9 Å². The molecule has 1 aliphatic rings. The molecule has 0 radical (unpaired) electrons. The van der Waals surface area contributed by atoms with Gasteiger partial charge in [0.15, 0.2) is 0 Å². The number of rotatable bonds is 2. The van der Waals surface area contributed by atoms with E-state index in [1.165, 1.54) is 17.8 Å². The van der Waals surface area contributed by atoms with E-state index in [1.807, 2.05) is 0 Å². The lowest BCUT2D eigenvalue weighted by Gasteiger charge is -2.24. The summed E-state index contributed by atoms with van der Waals surface area (Å²) < 4.78 is 3.42. The summed E-state index contributed by atoms with van der Waals surface area (Å²) in [4.78, 5) is 4.87. The van der Waals surface area contributed by atoms with Gasteiger partial charge < -0.3 is 9.88 Å². The van der Waals surface area contributed by atoms with E-state index in [0.717, 1.165) is 29.5 Å². The predicted molar refractivity (Wildman–Crippen MR) is 77.7 cm³/mol. The van der Waals surface area contributed by atoms with Gasteiger partial charge in [0.2, 0.25) is 0 Å². The average Bonchev–Trinajstić information content (AvgIpc) is 2.93. The van der Waals surface area contributed by atoms with Crippen molar-refractivity contribution in [1.29, 1.82) is 0 Å². The van der Waals surface area contributed by atoms with E-state index < -0.39 is 0 Å². The molecule has 2 heterocycles. The standard InChI is InChI=1S/C14H18BrN3/c1-3-18-12-6-5-10(15)9-11(12)17-13(18)14(2)7-4-8-16-14/h5-6,9,16H,3-4,7-8H2,1-2H3. The van der Waals surface area contributed by atoms with Gasteiger partial charge in [0, 0.05) is 11.0 Å². The summed E-state index contributed by atoms with van der Waals surface area (Å²) in [6.07, 6.45) is 2.39.